The van der Waals surface area contributed by atoms with Gasteiger partial charge in [-0.1, -0.05) is 6.07 Å². The highest BCUT2D eigenvalue weighted by molar-refractivity contribution is 5.87. The molecule has 0 fully saturated rings. The quantitative estimate of drug-likeness (QED) is 0.681. The molecule has 1 rings (SSSR count). The van der Waals surface area contributed by atoms with E-state index in [2.05, 4.69) is 4.98 Å². The number of methoxy groups -OCH3 is 1. The summed E-state index contributed by atoms with van der Waals surface area (Å²) in [6.07, 6.45) is 0. The fraction of sp³-hybridized carbons (Fsp3) is 0.400. The van der Waals surface area contributed by atoms with Crippen molar-refractivity contribution in [2.24, 2.45) is 0 Å². The molecule has 0 aromatic carbocycles. The van der Waals surface area contributed by atoms with Crippen LogP contribution in [-0.4, -0.2) is 24.7 Å². The Morgan fingerprint density at radius 3 is 2.93 bits per heavy atom. The molecule has 0 spiro atoms. The molecule has 0 saturated heterocycles. The normalized spacial score (nSPS) is 9.86. The second-order valence-corrected chi connectivity index (χ2v) is 2.67. The Hall–Kier alpha value is -1.42. The van der Waals surface area contributed by atoms with Gasteiger partial charge in [0.05, 0.1) is 18.9 Å². The molecule has 0 atom stereocenters. The number of esters is 1. The predicted molar refractivity (Wildman–Crippen MR) is 50.9 cm³/mol. The minimum atomic E-state index is -0.398. The lowest BCUT2D eigenvalue weighted by molar-refractivity contribution is 0.0518. The van der Waals surface area contributed by atoms with E-state index in [4.69, 9.17) is 9.47 Å². The van der Waals surface area contributed by atoms with E-state index < -0.39 is 5.97 Å². The van der Waals surface area contributed by atoms with Gasteiger partial charge in [0.2, 0.25) is 0 Å². The third-order valence-corrected chi connectivity index (χ3v) is 1.58. The third-order valence-electron chi connectivity index (χ3n) is 1.58. The van der Waals surface area contributed by atoms with Crippen LogP contribution in [0.25, 0.3) is 0 Å². The van der Waals surface area contributed by atoms with Crippen LogP contribution < -0.4 is 0 Å². The molecule has 0 bridgehead atoms. The van der Waals surface area contributed by atoms with Crippen molar-refractivity contribution in [1.29, 1.82) is 0 Å². The Morgan fingerprint density at radius 2 is 2.29 bits per heavy atom. The first kappa shape index (κ1) is 10.7. The molecule has 14 heavy (non-hydrogen) atoms. The highest BCUT2D eigenvalue weighted by Crippen LogP contribution is 2.02. The summed E-state index contributed by atoms with van der Waals surface area (Å²) >= 11 is 0. The minimum Gasteiger partial charge on any atom is -0.461 e. The van der Waals surface area contributed by atoms with Crippen LogP contribution in [-0.2, 0) is 16.1 Å². The number of carbonyl (C=O) groups is 1. The molecule has 76 valence electrons. The van der Waals surface area contributed by atoms with Gasteiger partial charge in [0, 0.05) is 7.11 Å². The van der Waals surface area contributed by atoms with E-state index in [1.165, 1.54) is 0 Å². The lowest BCUT2D eigenvalue weighted by Crippen LogP contribution is -2.08. The molecular formula is C10H13NO3. The average Bonchev–Trinajstić information content (AvgIpc) is 2.19. The Kier molecular flexibility index (Phi) is 4.07. The van der Waals surface area contributed by atoms with Crippen LogP contribution in [0.15, 0.2) is 18.2 Å². The zero-order valence-corrected chi connectivity index (χ0v) is 8.32. The van der Waals surface area contributed by atoms with Gasteiger partial charge in [-0.2, -0.15) is 0 Å². The number of carbonyl (C=O) groups excluding carboxylic acids is 1. The maximum Gasteiger partial charge on any atom is 0.356 e. The summed E-state index contributed by atoms with van der Waals surface area (Å²) < 4.78 is 9.73. The highest BCUT2D eigenvalue weighted by atomic mass is 16.5. The number of hydrogen-bond donors (Lipinski definition) is 0. The molecule has 0 aliphatic carbocycles. The standard InChI is InChI=1S/C10H13NO3/c1-3-14-10(12)9-6-4-5-8(11-9)7-13-2/h4-6H,3,7H2,1-2H3. The van der Waals surface area contributed by atoms with Gasteiger partial charge in [-0.3, -0.25) is 0 Å². The lowest BCUT2D eigenvalue weighted by atomic mass is 10.3. The van der Waals surface area contributed by atoms with Crippen LogP contribution in [0.3, 0.4) is 0 Å². The first-order valence-corrected chi connectivity index (χ1v) is 4.40. The van der Waals surface area contributed by atoms with E-state index in [1.807, 2.05) is 0 Å². The molecule has 0 radical (unpaired) electrons. The van der Waals surface area contributed by atoms with Crippen molar-refractivity contribution < 1.29 is 14.3 Å². The summed E-state index contributed by atoms with van der Waals surface area (Å²) in [7, 11) is 1.58. The maximum atomic E-state index is 11.3. The van der Waals surface area contributed by atoms with Crippen LogP contribution in [0, 0.1) is 0 Å². The van der Waals surface area contributed by atoms with Crippen molar-refractivity contribution in [3.05, 3.63) is 29.6 Å². The monoisotopic (exact) mass is 195 g/mol. The topological polar surface area (TPSA) is 48.4 Å². The molecule has 1 aromatic rings. The summed E-state index contributed by atoms with van der Waals surface area (Å²) in [6, 6.07) is 5.18. The molecule has 0 aliphatic rings. The molecule has 1 heterocycles. The first-order valence-electron chi connectivity index (χ1n) is 4.40. The molecule has 1 aromatic heterocycles. The second-order valence-electron chi connectivity index (χ2n) is 2.67. The van der Waals surface area contributed by atoms with E-state index in [-0.39, 0.29) is 0 Å². The maximum absolute atomic E-state index is 11.3. The van der Waals surface area contributed by atoms with E-state index >= 15 is 0 Å². The molecule has 0 aliphatic heterocycles. The number of aromatic nitrogens is 1. The molecule has 0 saturated carbocycles. The van der Waals surface area contributed by atoms with Crippen LogP contribution in [0.2, 0.25) is 0 Å². The van der Waals surface area contributed by atoms with Crippen molar-refractivity contribution in [3.8, 4) is 0 Å². The van der Waals surface area contributed by atoms with Crippen molar-refractivity contribution in [2.45, 2.75) is 13.5 Å². The molecule has 4 heteroatoms. The number of ether oxygens (including phenoxy) is 2. The first-order chi connectivity index (χ1) is 6.77. The molecular weight excluding hydrogens is 182 g/mol. The van der Waals surface area contributed by atoms with Crippen molar-refractivity contribution in [3.63, 3.8) is 0 Å². The zero-order chi connectivity index (χ0) is 10.4. The van der Waals surface area contributed by atoms with Gasteiger partial charge < -0.3 is 9.47 Å². The van der Waals surface area contributed by atoms with E-state index in [1.54, 1.807) is 32.2 Å². The number of hydrogen-bond acceptors (Lipinski definition) is 4. The van der Waals surface area contributed by atoms with Crippen LogP contribution in [0.5, 0.6) is 0 Å². The number of rotatable bonds is 4. The molecule has 0 N–H and O–H groups in total. The smallest absolute Gasteiger partial charge is 0.356 e. The SMILES string of the molecule is CCOC(=O)c1cccc(COC)n1. The van der Waals surface area contributed by atoms with Gasteiger partial charge in [-0.25, -0.2) is 9.78 Å². The Balaban J connectivity index is 2.77. The van der Waals surface area contributed by atoms with Gasteiger partial charge in [0.15, 0.2) is 0 Å². The van der Waals surface area contributed by atoms with E-state index in [9.17, 15) is 4.79 Å². The molecule has 0 amide bonds. The average molecular weight is 195 g/mol. The Labute approximate surface area is 82.9 Å². The summed E-state index contributed by atoms with van der Waals surface area (Å²) in [5.41, 5.74) is 1.04. The van der Waals surface area contributed by atoms with E-state index in [0.717, 1.165) is 5.69 Å². The summed E-state index contributed by atoms with van der Waals surface area (Å²) in [6.45, 7) is 2.51. The van der Waals surface area contributed by atoms with Gasteiger partial charge in [-0.05, 0) is 19.1 Å². The molecule has 4 nitrogen and oxygen atoms in total. The van der Waals surface area contributed by atoms with Gasteiger partial charge in [0.25, 0.3) is 0 Å². The Bertz CT molecular complexity index is 312. The third kappa shape index (κ3) is 2.81. The largest absolute Gasteiger partial charge is 0.461 e. The van der Waals surface area contributed by atoms with Crippen LogP contribution in [0.4, 0.5) is 0 Å². The predicted octanol–water partition coefficient (Wildman–Crippen LogP) is 1.40. The van der Waals surface area contributed by atoms with Gasteiger partial charge in [-0.15, -0.1) is 0 Å². The summed E-state index contributed by atoms with van der Waals surface area (Å²) in [4.78, 5) is 15.4. The fourth-order valence-electron chi connectivity index (χ4n) is 1.03. The van der Waals surface area contributed by atoms with Crippen LogP contribution in [0.1, 0.15) is 23.1 Å². The van der Waals surface area contributed by atoms with Crippen molar-refractivity contribution >= 4 is 5.97 Å². The fourth-order valence-corrected chi connectivity index (χ4v) is 1.03. The lowest BCUT2D eigenvalue weighted by Gasteiger charge is -2.02. The summed E-state index contributed by atoms with van der Waals surface area (Å²) in [5.74, 6) is -0.398. The zero-order valence-electron chi connectivity index (χ0n) is 8.32. The van der Waals surface area contributed by atoms with Crippen LogP contribution >= 0.6 is 0 Å². The highest BCUT2D eigenvalue weighted by Gasteiger charge is 2.07. The number of pyridine rings is 1. The minimum absolute atomic E-state index is 0.321. The van der Waals surface area contributed by atoms with Crippen molar-refractivity contribution in [1.82, 2.24) is 4.98 Å². The summed E-state index contributed by atoms with van der Waals surface area (Å²) in [5, 5.41) is 0. The second kappa shape index (κ2) is 5.34. The number of nitrogens with zero attached hydrogens (tertiary/aromatic N) is 1. The van der Waals surface area contributed by atoms with Gasteiger partial charge in [0.1, 0.15) is 5.69 Å². The van der Waals surface area contributed by atoms with Crippen molar-refractivity contribution in [2.75, 3.05) is 13.7 Å². The van der Waals surface area contributed by atoms with E-state index in [0.29, 0.717) is 18.9 Å². The molecule has 0 unspecified atom stereocenters. The van der Waals surface area contributed by atoms with Gasteiger partial charge >= 0.3 is 5.97 Å². The Morgan fingerprint density at radius 1 is 1.50 bits per heavy atom.